The zero-order valence-corrected chi connectivity index (χ0v) is 14.4. The molecule has 0 amide bonds. The highest BCUT2D eigenvalue weighted by Crippen LogP contribution is 2.41. The van der Waals surface area contributed by atoms with Crippen LogP contribution in [0, 0.1) is 0 Å². The summed E-state index contributed by atoms with van der Waals surface area (Å²) in [5, 5.41) is 5.52. The van der Waals surface area contributed by atoms with Crippen molar-refractivity contribution in [2.24, 2.45) is 0 Å². The van der Waals surface area contributed by atoms with Crippen LogP contribution in [0.15, 0.2) is 38.7 Å². The number of ether oxygens (including phenoxy) is 1. The van der Waals surface area contributed by atoms with Gasteiger partial charge in [-0.2, -0.15) is 0 Å². The Hall–Kier alpha value is -2.06. The predicted molar refractivity (Wildman–Crippen MR) is 91.1 cm³/mol. The Balaban J connectivity index is 2.27. The number of fused-ring (bicyclic) bond motifs is 1. The first kappa shape index (κ1) is 15.8. The molecule has 0 aliphatic carbocycles. The average molecular weight is 349 g/mol. The number of allylic oxidation sites excluding steroid dienone is 1. The molecule has 3 heterocycles. The molecule has 6 nitrogen and oxygen atoms in total. The number of thioether (sulfide) groups is 1. The van der Waals surface area contributed by atoms with Gasteiger partial charge >= 0.3 is 5.97 Å². The highest BCUT2D eigenvalue weighted by Gasteiger charge is 2.36. The van der Waals surface area contributed by atoms with E-state index in [1.807, 2.05) is 23.8 Å². The fourth-order valence-corrected chi connectivity index (χ4v) is 3.87. The zero-order chi connectivity index (χ0) is 16.6. The Kier molecular flexibility index (Phi) is 4.27. The molecule has 1 aliphatic rings. The lowest BCUT2D eigenvalue weighted by Gasteiger charge is -2.27. The maximum absolute atomic E-state index is 12.6. The number of hydrogen-bond donors (Lipinski definition) is 2. The van der Waals surface area contributed by atoms with Gasteiger partial charge in [0.25, 0.3) is 5.56 Å². The molecular formula is C15H15N3O3S2. The number of hydrogen-bond acceptors (Lipinski definition) is 7. The molecule has 0 fully saturated rings. The van der Waals surface area contributed by atoms with Crippen molar-refractivity contribution in [2.45, 2.75) is 18.0 Å². The van der Waals surface area contributed by atoms with Crippen molar-refractivity contribution >= 4 is 34.9 Å². The van der Waals surface area contributed by atoms with Crippen LogP contribution in [0.2, 0.25) is 0 Å². The molecule has 2 aromatic heterocycles. The Labute approximate surface area is 141 Å². The lowest BCUT2D eigenvalue weighted by atomic mass is 9.86. The van der Waals surface area contributed by atoms with Gasteiger partial charge in [0.15, 0.2) is 5.16 Å². The highest BCUT2D eigenvalue weighted by molar-refractivity contribution is 7.98. The molecule has 3 rings (SSSR count). The Bertz CT molecular complexity index is 840. The van der Waals surface area contributed by atoms with Gasteiger partial charge in [-0.05, 0) is 24.6 Å². The van der Waals surface area contributed by atoms with E-state index in [1.54, 1.807) is 6.92 Å². The van der Waals surface area contributed by atoms with E-state index >= 15 is 0 Å². The molecule has 0 bridgehead atoms. The van der Waals surface area contributed by atoms with Gasteiger partial charge in [0.05, 0.1) is 24.2 Å². The Morgan fingerprint density at radius 1 is 1.48 bits per heavy atom. The number of rotatable bonds is 3. The molecule has 0 unspecified atom stereocenters. The standard InChI is InChI=1S/C15H15N3O3S2/c1-7-9(14(20)21-2)10(8-5-4-6-23-8)11-12(16-7)17-15(22-3)18-13(11)19/h4-6,10H,1-3H3,(H2,16,17,18,19)/t10-/m0/s1. The molecule has 1 atom stereocenters. The topological polar surface area (TPSA) is 84.1 Å². The maximum atomic E-state index is 12.6. The number of aromatic amines is 1. The monoisotopic (exact) mass is 349 g/mol. The van der Waals surface area contributed by atoms with Gasteiger partial charge in [-0.15, -0.1) is 11.3 Å². The summed E-state index contributed by atoms with van der Waals surface area (Å²) in [5.74, 6) is -0.445. The fourth-order valence-electron chi connectivity index (χ4n) is 2.65. The number of methoxy groups -OCH3 is 1. The molecule has 0 radical (unpaired) electrons. The number of anilines is 1. The van der Waals surface area contributed by atoms with Crippen LogP contribution in [0.25, 0.3) is 0 Å². The summed E-state index contributed by atoms with van der Waals surface area (Å²) in [6.07, 6.45) is 1.84. The van der Waals surface area contributed by atoms with E-state index < -0.39 is 11.9 Å². The van der Waals surface area contributed by atoms with Crippen molar-refractivity contribution in [2.75, 3.05) is 18.7 Å². The van der Waals surface area contributed by atoms with Gasteiger partial charge in [0.2, 0.25) is 0 Å². The third-order valence-electron chi connectivity index (χ3n) is 3.65. The van der Waals surface area contributed by atoms with E-state index in [1.165, 1.54) is 30.2 Å². The number of nitrogens with one attached hydrogen (secondary N) is 2. The normalized spacial score (nSPS) is 16.7. The summed E-state index contributed by atoms with van der Waals surface area (Å²) in [4.78, 5) is 33.0. The summed E-state index contributed by atoms with van der Waals surface area (Å²) in [6, 6.07) is 3.80. The van der Waals surface area contributed by atoms with Gasteiger partial charge in [0.1, 0.15) is 5.82 Å². The van der Waals surface area contributed by atoms with Crippen LogP contribution in [-0.2, 0) is 9.53 Å². The maximum Gasteiger partial charge on any atom is 0.336 e. The first-order valence-corrected chi connectivity index (χ1v) is 8.95. The molecular weight excluding hydrogens is 334 g/mol. The van der Waals surface area contributed by atoms with Crippen LogP contribution < -0.4 is 10.9 Å². The lowest BCUT2D eigenvalue weighted by molar-refractivity contribution is -0.136. The first-order valence-electron chi connectivity index (χ1n) is 6.84. The van der Waals surface area contributed by atoms with Crippen molar-refractivity contribution in [3.63, 3.8) is 0 Å². The molecule has 2 aromatic rings. The van der Waals surface area contributed by atoms with Gasteiger partial charge in [-0.1, -0.05) is 17.8 Å². The number of H-pyrrole nitrogens is 1. The van der Waals surface area contributed by atoms with E-state index in [4.69, 9.17) is 4.74 Å². The SMILES string of the molecule is COC(=O)C1=C(C)Nc2nc(SC)[nH]c(=O)c2[C@H]1c1cccs1. The number of thiophene rings is 1. The number of esters is 1. The predicted octanol–water partition coefficient (Wildman–Crippen LogP) is 2.56. The second kappa shape index (κ2) is 6.21. The van der Waals surface area contributed by atoms with E-state index in [0.717, 1.165) is 4.88 Å². The third kappa shape index (κ3) is 2.68. The summed E-state index contributed by atoms with van der Waals surface area (Å²) >= 11 is 2.85. The summed E-state index contributed by atoms with van der Waals surface area (Å²) in [5.41, 5.74) is 1.27. The average Bonchev–Trinajstić information content (AvgIpc) is 3.06. The smallest absolute Gasteiger partial charge is 0.336 e. The molecule has 23 heavy (non-hydrogen) atoms. The number of carbonyl (C=O) groups is 1. The summed E-state index contributed by atoms with van der Waals surface area (Å²) in [7, 11) is 1.34. The number of aromatic nitrogens is 2. The van der Waals surface area contributed by atoms with Crippen molar-refractivity contribution in [1.29, 1.82) is 0 Å². The van der Waals surface area contributed by atoms with Crippen molar-refractivity contribution in [1.82, 2.24) is 9.97 Å². The van der Waals surface area contributed by atoms with Gasteiger partial charge in [-0.25, -0.2) is 9.78 Å². The van der Waals surface area contributed by atoms with Crippen molar-refractivity contribution in [3.05, 3.63) is 49.6 Å². The van der Waals surface area contributed by atoms with Crippen LogP contribution in [0.1, 0.15) is 23.3 Å². The second-order valence-corrected chi connectivity index (χ2v) is 6.72. The zero-order valence-electron chi connectivity index (χ0n) is 12.8. The van der Waals surface area contributed by atoms with Crippen molar-refractivity contribution < 1.29 is 9.53 Å². The summed E-state index contributed by atoms with van der Waals surface area (Å²) < 4.78 is 4.92. The molecule has 120 valence electrons. The Morgan fingerprint density at radius 2 is 2.26 bits per heavy atom. The minimum Gasteiger partial charge on any atom is -0.466 e. The number of nitrogens with zero attached hydrogens (tertiary/aromatic N) is 1. The van der Waals surface area contributed by atoms with E-state index in [2.05, 4.69) is 15.3 Å². The van der Waals surface area contributed by atoms with Crippen LogP contribution in [-0.4, -0.2) is 29.3 Å². The third-order valence-corrected chi connectivity index (χ3v) is 5.16. The summed E-state index contributed by atoms with van der Waals surface area (Å²) in [6.45, 7) is 1.79. The molecule has 0 saturated carbocycles. The van der Waals surface area contributed by atoms with Crippen LogP contribution >= 0.6 is 23.1 Å². The highest BCUT2D eigenvalue weighted by atomic mass is 32.2. The van der Waals surface area contributed by atoms with Crippen LogP contribution in [0.4, 0.5) is 5.82 Å². The minimum absolute atomic E-state index is 0.251. The van der Waals surface area contributed by atoms with Gasteiger partial charge in [0, 0.05) is 10.6 Å². The lowest BCUT2D eigenvalue weighted by Crippen LogP contribution is -2.30. The largest absolute Gasteiger partial charge is 0.466 e. The van der Waals surface area contributed by atoms with Gasteiger partial charge < -0.3 is 15.0 Å². The molecule has 0 aromatic carbocycles. The quantitative estimate of drug-likeness (QED) is 0.503. The van der Waals surface area contributed by atoms with Crippen LogP contribution in [0.3, 0.4) is 0 Å². The van der Waals surface area contributed by atoms with Crippen molar-refractivity contribution in [3.8, 4) is 0 Å². The molecule has 0 saturated heterocycles. The second-order valence-electron chi connectivity index (χ2n) is 4.94. The molecule has 8 heteroatoms. The number of carbonyl (C=O) groups excluding carboxylic acids is 1. The molecule has 2 N–H and O–H groups in total. The van der Waals surface area contributed by atoms with E-state index in [0.29, 0.717) is 27.8 Å². The first-order chi connectivity index (χ1) is 11.1. The van der Waals surface area contributed by atoms with E-state index in [-0.39, 0.29) is 5.56 Å². The van der Waals surface area contributed by atoms with Gasteiger partial charge in [-0.3, -0.25) is 4.79 Å². The van der Waals surface area contributed by atoms with E-state index in [9.17, 15) is 9.59 Å². The Morgan fingerprint density at radius 3 is 2.87 bits per heavy atom. The molecule has 0 spiro atoms. The fraction of sp³-hybridized carbons (Fsp3) is 0.267. The molecule has 1 aliphatic heterocycles. The minimum atomic E-state index is -0.481. The van der Waals surface area contributed by atoms with Crippen LogP contribution in [0.5, 0.6) is 0 Å².